The van der Waals surface area contributed by atoms with Crippen LogP contribution in [-0.2, 0) is 0 Å². The van der Waals surface area contributed by atoms with Crippen LogP contribution in [0, 0.1) is 18.7 Å². The third-order valence-electron chi connectivity index (χ3n) is 3.79. The number of hydrogen-bond acceptors (Lipinski definition) is 2. The quantitative estimate of drug-likeness (QED) is 0.888. The zero-order chi connectivity index (χ0) is 14.0. The number of amides is 1. The molecule has 0 aliphatic carbocycles. The number of carbonyl (C=O) groups excluding carboxylic acids is 1. The molecule has 1 N–H and O–H groups in total. The van der Waals surface area contributed by atoms with E-state index in [4.69, 9.17) is 0 Å². The monoisotopic (exact) mass is 264 g/mol. The molecule has 0 radical (unpaired) electrons. The zero-order valence-corrected chi connectivity index (χ0v) is 11.7. The fourth-order valence-electron chi connectivity index (χ4n) is 2.63. The number of nitrogens with one attached hydrogen (secondary N) is 1. The number of hydrogen-bond donors (Lipinski definition) is 1. The van der Waals surface area contributed by atoms with Gasteiger partial charge in [0.2, 0.25) is 0 Å². The molecule has 0 bridgehead atoms. The van der Waals surface area contributed by atoms with Gasteiger partial charge < -0.3 is 10.2 Å². The molecule has 0 saturated carbocycles. The highest BCUT2D eigenvalue weighted by Crippen LogP contribution is 2.17. The average molecular weight is 264 g/mol. The van der Waals surface area contributed by atoms with Crippen molar-refractivity contribution in [3.05, 3.63) is 35.1 Å². The average Bonchev–Trinajstić information content (AvgIpc) is 2.35. The second kappa shape index (κ2) is 5.70. The van der Waals surface area contributed by atoms with Crippen molar-refractivity contribution in [1.29, 1.82) is 0 Å². The summed E-state index contributed by atoms with van der Waals surface area (Å²) in [6.45, 7) is 5.90. The number of piperidine rings is 1. The van der Waals surface area contributed by atoms with E-state index in [1.165, 1.54) is 6.07 Å². The molecule has 0 aromatic heterocycles. The number of benzene rings is 1. The Bertz CT molecular complexity index is 475. The number of halogens is 1. The number of carbonyl (C=O) groups is 1. The van der Waals surface area contributed by atoms with Gasteiger partial charge in [-0.05, 0) is 45.0 Å². The van der Waals surface area contributed by atoms with Crippen LogP contribution in [0.25, 0.3) is 0 Å². The van der Waals surface area contributed by atoms with Crippen LogP contribution in [0.3, 0.4) is 0 Å². The smallest absolute Gasteiger partial charge is 0.254 e. The van der Waals surface area contributed by atoms with Gasteiger partial charge in [-0.25, -0.2) is 4.39 Å². The van der Waals surface area contributed by atoms with Crippen LogP contribution >= 0.6 is 0 Å². The Labute approximate surface area is 113 Å². The normalized spacial score (nSPS) is 24.2. The summed E-state index contributed by atoms with van der Waals surface area (Å²) in [6.07, 6.45) is 0.914. The first-order valence-corrected chi connectivity index (χ1v) is 6.73. The minimum atomic E-state index is -0.455. The van der Waals surface area contributed by atoms with E-state index in [1.807, 2.05) is 6.92 Å². The maximum atomic E-state index is 13.7. The Balaban J connectivity index is 2.06. The second-order valence-electron chi connectivity index (χ2n) is 5.59. The summed E-state index contributed by atoms with van der Waals surface area (Å²) in [5, 5.41) is 2.97. The summed E-state index contributed by atoms with van der Waals surface area (Å²) < 4.78 is 13.7. The van der Waals surface area contributed by atoms with Gasteiger partial charge in [0.05, 0.1) is 5.56 Å². The number of aryl methyl sites for hydroxylation is 1. The van der Waals surface area contributed by atoms with Gasteiger partial charge >= 0.3 is 0 Å². The Hall–Kier alpha value is -1.42. The van der Waals surface area contributed by atoms with E-state index in [0.29, 0.717) is 5.92 Å². The molecule has 2 rings (SSSR count). The summed E-state index contributed by atoms with van der Waals surface area (Å²) >= 11 is 0. The predicted octanol–water partition coefficient (Wildman–Crippen LogP) is 2.20. The SMILES string of the molecule is Cc1ccc(F)c(C(=O)NC2CCN(C)CC2C)c1. The van der Waals surface area contributed by atoms with Crippen LogP contribution in [0.15, 0.2) is 18.2 Å². The third kappa shape index (κ3) is 3.32. The van der Waals surface area contributed by atoms with Crippen molar-refractivity contribution in [1.82, 2.24) is 10.2 Å². The summed E-state index contributed by atoms with van der Waals surface area (Å²) in [4.78, 5) is 14.4. The van der Waals surface area contributed by atoms with Gasteiger partial charge in [0.25, 0.3) is 5.91 Å². The molecule has 4 heteroatoms. The highest BCUT2D eigenvalue weighted by Gasteiger charge is 2.26. The van der Waals surface area contributed by atoms with E-state index >= 15 is 0 Å². The number of rotatable bonds is 2. The highest BCUT2D eigenvalue weighted by molar-refractivity contribution is 5.94. The Kier molecular flexibility index (Phi) is 4.20. The van der Waals surface area contributed by atoms with Crippen molar-refractivity contribution in [3.63, 3.8) is 0 Å². The molecule has 1 heterocycles. The summed E-state index contributed by atoms with van der Waals surface area (Å²) in [5.74, 6) is -0.373. The fourth-order valence-corrected chi connectivity index (χ4v) is 2.63. The summed E-state index contributed by atoms with van der Waals surface area (Å²) in [5.41, 5.74) is 1.04. The summed E-state index contributed by atoms with van der Waals surface area (Å²) in [6, 6.07) is 4.75. The van der Waals surface area contributed by atoms with Gasteiger partial charge in [-0.15, -0.1) is 0 Å². The lowest BCUT2D eigenvalue weighted by atomic mass is 9.94. The van der Waals surface area contributed by atoms with Gasteiger partial charge in [-0.2, -0.15) is 0 Å². The number of likely N-dealkylation sites (tertiary alicyclic amines) is 1. The standard InChI is InChI=1S/C15H21FN2O/c1-10-4-5-13(16)12(8-10)15(19)17-14-6-7-18(3)9-11(14)2/h4-5,8,11,14H,6-7,9H2,1-3H3,(H,17,19). The first kappa shape index (κ1) is 14.0. The predicted molar refractivity (Wildman–Crippen MR) is 73.7 cm³/mol. The largest absolute Gasteiger partial charge is 0.349 e. The molecule has 0 spiro atoms. The van der Waals surface area contributed by atoms with Crippen LogP contribution in [0.2, 0.25) is 0 Å². The van der Waals surface area contributed by atoms with Crippen LogP contribution in [-0.4, -0.2) is 37.0 Å². The van der Waals surface area contributed by atoms with E-state index in [9.17, 15) is 9.18 Å². The van der Waals surface area contributed by atoms with E-state index in [-0.39, 0.29) is 17.5 Å². The molecule has 2 atom stereocenters. The fraction of sp³-hybridized carbons (Fsp3) is 0.533. The molecule has 1 fully saturated rings. The van der Waals surface area contributed by atoms with Gasteiger partial charge in [0.15, 0.2) is 0 Å². The van der Waals surface area contributed by atoms with E-state index in [0.717, 1.165) is 25.1 Å². The minimum Gasteiger partial charge on any atom is -0.349 e. The maximum absolute atomic E-state index is 13.7. The van der Waals surface area contributed by atoms with Crippen molar-refractivity contribution >= 4 is 5.91 Å². The first-order chi connectivity index (χ1) is 8.97. The second-order valence-corrected chi connectivity index (χ2v) is 5.59. The molecule has 1 aromatic carbocycles. The summed E-state index contributed by atoms with van der Waals surface area (Å²) in [7, 11) is 2.08. The first-order valence-electron chi connectivity index (χ1n) is 6.73. The van der Waals surface area contributed by atoms with E-state index < -0.39 is 5.82 Å². The minimum absolute atomic E-state index is 0.128. The molecule has 104 valence electrons. The van der Waals surface area contributed by atoms with Crippen LogP contribution in [0.1, 0.15) is 29.3 Å². The van der Waals surface area contributed by atoms with E-state index in [1.54, 1.807) is 12.1 Å². The Morgan fingerprint density at radius 2 is 2.21 bits per heavy atom. The van der Waals surface area contributed by atoms with Crippen LogP contribution in [0.4, 0.5) is 4.39 Å². The topological polar surface area (TPSA) is 32.3 Å². The third-order valence-corrected chi connectivity index (χ3v) is 3.79. The lowest BCUT2D eigenvalue weighted by molar-refractivity contribution is 0.0879. The molecule has 1 saturated heterocycles. The van der Waals surface area contributed by atoms with E-state index in [2.05, 4.69) is 24.2 Å². The molecular weight excluding hydrogens is 243 g/mol. The van der Waals surface area contributed by atoms with Crippen LogP contribution < -0.4 is 5.32 Å². The lowest BCUT2D eigenvalue weighted by Crippen LogP contribution is -2.49. The van der Waals surface area contributed by atoms with Gasteiger partial charge in [-0.3, -0.25) is 4.79 Å². The van der Waals surface area contributed by atoms with Gasteiger partial charge in [-0.1, -0.05) is 18.6 Å². The molecule has 19 heavy (non-hydrogen) atoms. The molecule has 1 aromatic rings. The maximum Gasteiger partial charge on any atom is 0.254 e. The van der Waals surface area contributed by atoms with Crippen molar-refractivity contribution in [2.75, 3.05) is 20.1 Å². The molecule has 1 aliphatic heterocycles. The van der Waals surface area contributed by atoms with Crippen molar-refractivity contribution in [2.45, 2.75) is 26.3 Å². The molecule has 2 unspecified atom stereocenters. The molecule has 1 amide bonds. The van der Waals surface area contributed by atoms with Gasteiger partial charge in [0, 0.05) is 12.6 Å². The number of nitrogens with zero attached hydrogens (tertiary/aromatic N) is 1. The van der Waals surface area contributed by atoms with Crippen molar-refractivity contribution in [2.24, 2.45) is 5.92 Å². The van der Waals surface area contributed by atoms with Gasteiger partial charge in [0.1, 0.15) is 5.82 Å². The molecular formula is C15H21FN2O. The molecule has 1 aliphatic rings. The lowest BCUT2D eigenvalue weighted by Gasteiger charge is -2.35. The molecule has 3 nitrogen and oxygen atoms in total. The van der Waals surface area contributed by atoms with Crippen molar-refractivity contribution < 1.29 is 9.18 Å². The Morgan fingerprint density at radius 3 is 2.89 bits per heavy atom. The van der Waals surface area contributed by atoms with Crippen LogP contribution in [0.5, 0.6) is 0 Å². The Morgan fingerprint density at radius 1 is 1.47 bits per heavy atom. The van der Waals surface area contributed by atoms with Crippen molar-refractivity contribution in [3.8, 4) is 0 Å². The zero-order valence-electron chi connectivity index (χ0n) is 11.7. The highest BCUT2D eigenvalue weighted by atomic mass is 19.1.